The van der Waals surface area contributed by atoms with Crippen molar-refractivity contribution in [2.75, 3.05) is 12.4 Å². The minimum atomic E-state index is -1.15. The Morgan fingerprint density at radius 3 is 2.36 bits per heavy atom. The van der Waals surface area contributed by atoms with Gasteiger partial charge in [-0.2, -0.15) is 0 Å². The number of hydrogen-bond donors (Lipinski definition) is 2. The molecule has 0 spiro atoms. The lowest BCUT2D eigenvalue weighted by molar-refractivity contribution is 0.0909. The van der Waals surface area contributed by atoms with Crippen molar-refractivity contribution in [2.24, 2.45) is 11.5 Å². The quantitative estimate of drug-likeness (QED) is 0.572. The molecule has 4 heteroatoms. The van der Waals surface area contributed by atoms with Crippen molar-refractivity contribution in [2.45, 2.75) is 5.54 Å². The SMILES string of the molecule is NCC(N)(CCl)C(=O)c1ccccc1. The Balaban J connectivity index is 2.95. The number of carbonyl (C=O) groups excluding carboxylic acids is 1. The third-order valence-electron chi connectivity index (χ3n) is 2.09. The summed E-state index contributed by atoms with van der Waals surface area (Å²) in [6, 6.07) is 8.78. The highest BCUT2D eigenvalue weighted by molar-refractivity contribution is 6.22. The van der Waals surface area contributed by atoms with E-state index in [9.17, 15) is 4.79 Å². The van der Waals surface area contributed by atoms with Gasteiger partial charge in [-0.3, -0.25) is 4.79 Å². The predicted octanol–water partition coefficient (Wildman–Crippen LogP) is 0.764. The van der Waals surface area contributed by atoms with Gasteiger partial charge < -0.3 is 11.5 Å². The van der Waals surface area contributed by atoms with Crippen LogP contribution >= 0.6 is 11.6 Å². The van der Waals surface area contributed by atoms with Crippen LogP contribution in [-0.2, 0) is 0 Å². The fraction of sp³-hybridized carbons (Fsp3) is 0.300. The second-order valence-electron chi connectivity index (χ2n) is 3.19. The van der Waals surface area contributed by atoms with Crippen LogP contribution in [0.3, 0.4) is 0 Å². The van der Waals surface area contributed by atoms with Gasteiger partial charge in [0.05, 0.1) is 0 Å². The summed E-state index contributed by atoms with van der Waals surface area (Å²) in [7, 11) is 0. The maximum Gasteiger partial charge on any atom is 0.185 e. The van der Waals surface area contributed by atoms with Gasteiger partial charge >= 0.3 is 0 Å². The molecular weight excluding hydrogens is 200 g/mol. The molecule has 1 aromatic rings. The van der Waals surface area contributed by atoms with E-state index in [0.29, 0.717) is 5.56 Å². The number of Topliss-reactive ketones (excluding diaryl/α,β-unsaturated/α-hetero) is 1. The van der Waals surface area contributed by atoms with E-state index in [0.717, 1.165) is 0 Å². The number of hydrogen-bond acceptors (Lipinski definition) is 3. The van der Waals surface area contributed by atoms with E-state index >= 15 is 0 Å². The average Bonchev–Trinajstić information content (AvgIpc) is 2.28. The first-order valence-electron chi connectivity index (χ1n) is 4.29. The molecule has 0 aromatic heterocycles. The number of halogens is 1. The maximum absolute atomic E-state index is 11.8. The van der Waals surface area contributed by atoms with Crippen LogP contribution in [-0.4, -0.2) is 23.7 Å². The van der Waals surface area contributed by atoms with E-state index in [1.54, 1.807) is 24.3 Å². The number of carbonyl (C=O) groups is 1. The van der Waals surface area contributed by atoms with E-state index in [2.05, 4.69) is 0 Å². The molecule has 0 heterocycles. The smallest absolute Gasteiger partial charge is 0.185 e. The van der Waals surface area contributed by atoms with Crippen LogP contribution in [0.25, 0.3) is 0 Å². The van der Waals surface area contributed by atoms with Gasteiger partial charge in [0.15, 0.2) is 5.78 Å². The number of alkyl halides is 1. The van der Waals surface area contributed by atoms with Crippen molar-refractivity contribution in [3.05, 3.63) is 35.9 Å². The zero-order valence-electron chi connectivity index (χ0n) is 7.74. The van der Waals surface area contributed by atoms with E-state index < -0.39 is 5.54 Å². The lowest BCUT2D eigenvalue weighted by atomic mass is 9.92. The minimum Gasteiger partial charge on any atom is -0.328 e. The molecule has 3 nitrogen and oxygen atoms in total. The van der Waals surface area contributed by atoms with E-state index in [4.69, 9.17) is 23.1 Å². The van der Waals surface area contributed by atoms with Crippen molar-refractivity contribution >= 4 is 17.4 Å². The normalized spacial score (nSPS) is 14.8. The second kappa shape index (κ2) is 4.55. The van der Waals surface area contributed by atoms with Crippen molar-refractivity contribution in [1.29, 1.82) is 0 Å². The first-order chi connectivity index (χ1) is 6.64. The Hall–Kier alpha value is -0.900. The molecule has 0 bridgehead atoms. The van der Waals surface area contributed by atoms with Gasteiger partial charge in [-0.25, -0.2) is 0 Å². The predicted molar refractivity (Wildman–Crippen MR) is 57.5 cm³/mol. The van der Waals surface area contributed by atoms with Gasteiger partial charge in [0.2, 0.25) is 0 Å². The topological polar surface area (TPSA) is 69.1 Å². The van der Waals surface area contributed by atoms with E-state index in [-0.39, 0.29) is 18.2 Å². The molecule has 76 valence electrons. The first kappa shape index (κ1) is 11.2. The van der Waals surface area contributed by atoms with Crippen LogP contribution in [0.4, 0.5) is 0 Å². The van der Waals surface area contributed by atoms with Crippen LogP contribution in [0.15, 0.2) is 30.3 Å². The molecule has 0 saturated heterocycles. The molecule has 0 saturated carbocycles. The summed E-state index contributed by atoms with van der Waals surface area (Å²) in [6.45, 7) is 0.0459. The Morgan fingerprint density at radius 1 is 1.36 bits per heavy atom. The molecule has 1 rings (SSSR count). The van der Waals surface area contributed by atoms with Crippen molar-refractivity contribution in [3.63, 3.8) is 0 Å². The van der Waals surface area contributed by atoms with Gasteiger partial charge in [0, 0.05) is 18.0 Å². The van der Waals surface area contributed by atoms with E-state index in [1.165, 1.54) is 0 Å². The summed E-state index contributed by atoms with van der Waals surface area (Å²) >= 11 is 5.63. The number of benzene rings is 1. The summed E-state index contributed by atoms with van der Waals surface area (Å²) in [5.74, 6) is -0.187. The number of nitrogens with two attached hydrogens (primary N) is 2. The largest absolute Gasteiger partial charge is 0.328 e. The highest BCUT2D eigenvalue weighted by Gasteiger charge is 2.32. The zero-order valence-corrected chi connectivity index (χ0v) is 8.50. The van der Waals surface area contributed by atoms with Gasteiger partial charge in [0.1, 0.15) is 5.54 Å². The summed E-state index contributed by atoms with van der Waals surface area (Å²) in [4.78, 5) is 11.8. The maximum atomic E-state index is 11.8. The highest BCUT2D eigenvalue weighted by atomic mass is 35.5. The average molecular weight is 213 g/mol. The fourth-order valence-corrected chi connectivity index (χ4v) is 1.32. The summed E-state index contributed by atoms with van der Waals surface area (Å²) in [5.41, 5.74) is 10.6. The third kappa shape index (κ3) is 2.12. The van der Waals surface area contributed by atoms with Gasteiger partial charge in [-0.05, 0) is 0 Å². The summed E-state index contributed by atoms with van der Waals surface area (Å²) < 4.78 is 0. The second-order valence-corrected chi connectivity index (χ2v) is 3.46. The third-order valence-corrected chi connectivity index (χ3v) is 2.57. The zero-order chi connectivity index (χ0) is 10.6. The molecule has 0 aliphatic heterocycles. The highest BCUT2D eigenvalue weighted by Crippen LogP contribution is 2.11. The molecule has 1 aromatic carbocycles. The first-order valence-corrected chi connectivity index (χ1v) is 4.82. The van der Waals surface area contributed by atoms with Crippen LogP contribution in [0.1, 0.15) is 10.4 Å². The molecule has 4 N–H and O–H groups in total. The Bertz CT molecular complexity index is 309. The number of rotatable bonds is 4. The van der Waals surface area contributed by atoms with Gasteiger partial charge in [-0.1, -0.05) is 30.3 Å². The van der Waals surface area contributed by atoms with Crippen LogP contribution < -0.4 is 11.5 Å². The molecule has 0 amide bonds. The Labute approximate surface area is 88.0 Å². The number of ketones is 1. The van der Waals surface area contributed by atoms with Gasteiger partial charge in [-0.15, -0.1) is 11.6 Å². The van der Waals surface area contributed by atoms with Crippen LogP contribution in [0.5, 0.6) is 0 Å². The van der Waals surface area contributed by atoms with Crippen molar-refractivity contribution < 1.29 is 4.79 Å². The monoisotopic (exact) mass is 212 g/mol. The van der Waals surface area contributed by atoms with E-state index in [1.807, 2.05) is 6.07 Å². The van der Waals surface area contributed by atoms with Crippen molar-refractivity contribution in [3.8, 4) is 0 Å². The Kier molecular flexibility index (Phi) is 3.63. The van der Waals surface area contributed by atoms with Gasteiger partial charge in [0.25, 0.3) is 0 Å². The standard InChI is InChI=1S/C10H13ClN2O/c11-6-10(13,7-12)9(14)8-4-2-1-3-5-8/h1-5H,6-7,12-13H2. The Morgan fingerprint density at radius 2 is 1.93 bits per heavy atom. The molecule has 1 atom stereocenters. The molecule has 0 aliphatic rings. The van der Waals surface area contributed by atoms with Crippen LogP contribution in [0, 0.1) is 0 Å². The molecule has 0 fully saturated rings. The molecule has 0 aliphatic carbocycles. The van der Waals surface area contributed by atoms with Crippen molar-refractivity contribution in [1.82, 2.24) is 0 Å². The lowest BCUT2D eigenvalue weighted by Gasteiger charge is -2.23. The lowest BCUT2D eigenvalue weighted by Crippen LogP contribution is -2.55. The molecular formula is C10H13ClN2O. The van der Waals surface area contributed by atoms with Crippen LogP contribution in [0.2, 0.25) is 0 Å². The molecule has 14 heavy (non-hydrogen) atoms. The summed E-state index contributed by atoms with van der Waals surface area (Å²) in [5, 5.41) is 0. The molecule has 1 unspecified atom stereocenters. The fourth-order valence-electron chi connectivity index (χ4n) is 1.08. The minimum absolute atomic E-state index is 0.0250. The molecule has 0 radical (unpaired) electrons. The summed E-state index contributed by atoms with van der Waals surface area (Å²) in [6.07, 6.45) is 0.